The summed E-state index contributed by atoms with van der Waals surface area (Å²) in [6.07, 6.45) is 3.92. The van der Waals surface area contributed by atoms with Crippen molar-refractivity contribution in [3.63, 3.8) is 0 Å². The molecule has 1 aromatic heterocycles. The van der Waals surface area contributed by atoms with Crippen LogP contribution in [0.2, 0.25) is 5.02 Å². The number of aromatic nitrogens is 1. The molecule has 0 saturated carbocycles. The van der Waals surface area contributed by atoms with Crippen LogP contribution in [0.25, 0.3) is 0 Å². The number of pyridine rings is 1. The Hall–Kier alpha value is -2.60. The van der Waals surface area contributed by atoms with E-state index in [-0.39, 0.29) is 11.9 Å². The minimum Gasteiger partial charge on any atom is -0.331 e. The summed E-state index contributed by atoms with van der Waals surface area (Å²) in [5.41, 5.74) is 3.02. The fourth-order valence-corrected chi connectivity index (χ4v) is 3.09. The maximum atomic E-state index is 12.6. The zero-order valence-corrected chi connectivity index (χ0v) is 14.9. The Labute approximate surface area is 151 Å². The van der Waals surface area contributed by atoms with E-state index in [1.54, 1.807) is 60.6 Å². The Balaban J connectivity index is 1.82. The van der Waals surface area contributed by atoms with E-state index in [1.807, 2.05) is 0 Å². The summed E-state index contributed by atoms with van der Waals surface area (Å²) in [6, 6.07) is 6.96. The highest BCUT2D eigenvalue weighted by Gasteiger charge is 2.25. The van der Waals surface area contributed by atoms with Gasteiger partial charge in [0.15, 0.2) is 0 Å². The van der Waals surface area contributed by atoms with Gasteiger partial charge in [-0.2, -0.15) is 0 Å². The SMILES string of the molecule is CN(C)C(=O)N1CCc2c(cncc2C(=O)Nc2cccc(Cl)c2)C1. The lowest BCUT2D eigenvalue weighted by Crippen LogP contribution is -2.42. The number of carbonyl (C=O) groups is 2. The monoisotopic (exact) mass is 358 g/mol. The molecule has 1 N–H and O–H groups in total. The molecule has 0 bridgehead atoms. The summed E-state index contributed by atoms with van der Waals surface area (Å²) in [6.45, 7) is 1.03. The highest BCUT2D eigenvalue weighted by Crippen LogP contribution is 2.23. The number of halogens is 1. The van der Waals surface area contributed by atoms with E-state index in [2.05, 4.69) is 10.3 Å². The molecule has 0 unspecified atom stereocenters. The number of hydrogen-bond donors (Lipinski definition) is 1. The van der Waals surface area contributed by atoms with E-state index in [0.29, 0.717) is 35.8 Å². The Morgan fingerprint density at radius 1 is 1.28 bits per heavy atom. The highest BCUT2D eigenvalue weighted by molar-refractivity contribution is 6.31. The minimum absolute atomic E-state index is 0.0422. The molecule has 3 amide bonds. The van der Waals surface area contributed by atoms with Crippen molar-refractivity contribution in [1.29, 1.82) is 0 Å². The molecule has 1 aliphatic heterocycles. The van der Waals surface area contributed by atoms with Crippen molar-refractivity contribution in [1.82, 2.24) is 14.8 Å². The number of carbonyl (C=O) groups excluding carboxylic acids is 2. The number of amides is 3. The Morgan fingerprint density at radius 3 is 2.80 bits per heavy atom. The molecule has 2 aromatic rings. The number of rotatable bonds is 2. The van der Waals surface area contributed by atoms with Gasteiger partial charge >= 0.3 is 6.03 Å². The molecule has 0 spiro atoms. The number of nitrogens with zero attached hydrogens (tertiary/aromatic N) is 3. The maximum Gasteiger partial charge on any atom is 0.319 e. The molecule has 25 heavy (non-hydrogen) atoms. The molecule has 3 rings (SSSR count). The standard InChI is InChI=1S/C18H19ClN4O2/c1-22(2)18(25)23-7-6-15-12(11-23)9-20-10-16(15)17(24)21-14-5-3-4-13(19)8-14/h3-5,8-10H,6-7,11H2,1-2H3,(H,21,24). The van der Waals surface area contributed by atoms with Gasteiger partial charge in [0, 0.05) is 50.3 Å². The predicted octanol–water partition coefficient (Wildman–Crippen LogP) is 3.03. The predicted molar refractivity (Wildman–Crippen MR) is 96.8 cm³/mol. The third-order valence-electron chi connectivity index (χ3n) is 4.12. The summed E-state index contributed by atoms with van der Waals surface area (Å²) >= 11 is 5.96. The topological polar surface area (TPSA) is 65.5 Å². The van der Waals surface area contributed by atoms with Crippen LogP contribution >= 0.6 is 11.6 Å². The van der Waals surface area contributed by atoms with Crippen molar-refractivity contribution in [2.24, 2.45) is 0 Å². The maximum absolute atomic E-state index is 12.6. The van der Waals surface area contributed by atoms with Crippen molar-refractivity contribution < 1.29 is 9.59 Å². The lowest BCUT2D eigenvalue weighted by molar-refractivity contribution is 0.102. The second-order valence-corrected chi connectivity index (χ2v) is 6.57. The van der Waals surface area contributed by atoms with Gasteiger partial charge in [0.05, 0.1) is 5.56 Å². The van der Waals surface area contributed by atoms with Gasteiger partial charge in [-0.3, -0.25) is 9.78 Å². The first-order valence-corrected chi connectivity index (χ1v) is 8.32. The first-order chi connectivity index (χ1) is 12.0. The molecule has 0 atom stereocenters. The van der Waals surface area contributed by atoms with Gasteiger partial charge in [-0.05, 0) is 35.7 Å². The molecular weight excluding hydrogens is 340 g/mol. The van der Waals surface area contributed by atoms with E-state index in [1.165, 1.54) is 0 Å². The summed E-state index contributed by atoms with van der Waals surface area (Å²) in [5, 5.41) is 3.41. The van der Waals surface area contributed by atoms with Gasteiger partial charge < -0.3 is 15.1 Å². The zero-order valence-electron chi connectivity index (χ0n) is 14.1. The molecule has 7 heteroatoms. The second-order valence-electron chi connectivity index (χ2n) is 6.14. The Morgan fingerprint density at radius 2 is 2.08 bits per heavy atom. The van der Waals surface area contributed by atoms with Gasteiger partial charge in [-0.25, -0.2) is 4.79 Å². The number of fused-ring (bicyclic) bond motifs is 1. The first kappa shape index (κ1) is 17.2. The van der Waals surface area contributed by atoms with Crippen LogP contribution in [0.1, 0.15) is 21.5 Å². The van der Waals surface area contributed by atoms with Crippen LogP contribution in [0.4, 0.5) is 10.5 Å². The normalized spacial score (nSPS) is 13.2. The molecule has 6 nitrogen and oxygen atoms in total. The largest absolute Gasteiger partial charge is 0.331 e. The number of nitrogens with one attached hydrogen (secondary N) is 1. The van der Waals surface area contributed by atoms with Crippen LogP contribution in [0.3, 0.4) is 0 Å². The van der Waals surface area contributed by atoms with E-state index in [0.717, 1.165) is 11.1 Å². The molecule has 0 aliphatic carbocycles. The summed E-state index contributed by atoms with van der Waals surface area (Å²) in [7, 11) is 3.45. The zero-order chi connectivity index (χ0) is 18.0. The molecule has 130 valence electrons. The molecule has 0 radical (unpaired) electrons. The third kappa shape index (κ3) is 3.74. The summed E-state index contributed by atoms with van der Waals surface area (Å²) in [4.78, 5) is 32.3. The third-order valence-corrected chi connectivity index (χ3v) is 4.35. The van der Waals surface area contributed by atoms with Crippen LogP contribution in [0.5, 0.6) is 0 Å². The van der Waals surface area contributed by atoms with E-state index in [4.69, 9.17) is 11.6 Å². The smallest absolute Gasteiger partial charge is 0.319 e. The van der Waals surface area contributed by atoms with Crippen LogP contribution in [0.15, 0.2) is 36.7 Å². The van der Waals surface area contributed by atoms with Crippen LogP contribution in [-0.2, 0) is 13.0 Å². The number of urea groups is 1. The lowest BCUT2D eigenvalue weighted by Gasteiger charge is -2.31. The minimum atomic E-state index is -0.223. The molecule has 0 saturated heterocycles. The van der Waals surface area contributed by atoms with Crippen LogP contribution in [0, 0.1) is 0 Å². The quantitative estimate of drug-likeness (QED) is 0.897. The number of hydrogen-bond acceptors (Lipinski definition) is 3. The Kier molecular flexibility index (Phi) is 4.90. The van der Waals surface area contributed by atoms with Gasteiger partial charge in [-0.1, -0.05) is 17.7 Å². The van der Waals surface area contributed by atoms with Crippen molar-refractivity contribution in [3.05, 3.63) is 58.4 Å². The van der Waals surface area contributed by atoms with Crippen LogP contribution < -0.4 is 5.32 Å². The van der Waals surface area contributed by atoms with Crippen molar-refractivity contribution >= 4 is 29.2 Å². The van der Waals surface area contributed by atoms with Gasteiger partial charge in [0.2, 0.25) is 0 Å². The molecule has 1 aromatic carbocycles. The van der Waals surface area contributed by atoms with E-state index >= 15 is 0 Å². The Bertz CT molecular complexity index is 822. The first-order valence-electron chi connectivity index (χ1n) is 7.94. The number of benzene rings is 1. The van der Waals surface area contributed by atoms with Gasteiger partial charge in [0.25, 0.3) is 5.91 Å². The van der Waals surface area contributed by atoms with Crippen molar-refractivity contribution in [3.8, 4) is 0 Å². The second kappa shape index (κ2) is 7.11. The average Bonchev–Trinajstić information content (AvgIpc) is 2.60. The van der Waals surface area contributed by atoms with Crippen LogP contribution in [-0.4, -0.2) is 47.4 Å². The average molecular weight is 359 g/mol. The molecule has 1 aliphatic rings. The summed E-state index contributed by atoms with van der Waals surface area (Å²) in [5.74, 6) is -0.223. The van der Waals surface area contributed by atoms with Crippen molar-refractivity contribution in [2.75, 3.05) is 26.0 Å². The van der Waals surface area contributed by atoms with Gasteiger partial charge in [-0.15, -0.1) is 0 Å². The number of anilines is 1. The fraction of sp³-hybridized carbons (Fsp3) is 0.278. The van der Waals surface area contributed by atoms with E-state index < -0.39 is 0 Å². The summed E-state index contributed by atoms with van der Waals surface area (Å²) < 4.78 is 0. The lowest BCUT2D eigenvalue weighted by atomic mass is 9.97. The molecular formula is C18H19ClN4O2. The van der Waals surface area contributed by atoms with Gasteiger partial charge in [0.1, 0.15) is 0 Å². The van der Waals surface area contributed by atoms with E-state index in [9.17, 15) is 9.59 Å². The molecule has 2 heterocycles. The fourth-order valence-electron chi connectivity index (χ4n) is 2.90. The molecule has 0 fully saturated rings. The van der Waals surface area contributed by atoms with Crippen molar-refractivity contribution in [2.45, 2.75) is 13.0 Å². The highest BCUT2D eigenvalue weighted by atomic mass is 35.5.